The molecule has 0 aliphatic carbocycles. The molecular weight excluding hydrogens is 351 g/mol. The van der Waals surface area contributed by atoms with Crippen LogP contribution in [0.1, 0.15) is 13.8 Å². The largest absolute Gasteiger partial charge is 0.393 e. The van der Waals surface area contributed by atoms with Gasteiger partial charge >= 0.3 is 0 Å². The summed E-state index contributed by atoms with van der Waals surface area (Å²) in [5, 5.41) is 0. The minimum atomic E-state index is -0.128. The van der Waals surface area contributed by atoms with E-state index >= 15 is 0 Å². The zero-order chi connectivity index (χ0) is 13.0. The van der Waals surface area contributed by atoms with Crippen LogP contribution in [0.4, 0.5) is 5.82 Å². The van der Waals surface area contributed by atoms with Gasteiger partial charge in [-0.1, -0.05) is 19.1 Å². The van der Waals surface area contributed by atoms with E-state index in [1.54, 1.807) is 0 Å². The number of aromatic amines is 1. The molecule has 1 heterocycles. The number of hydrogen-bond acceptors (Lipinski definition) is 4. The summed E-state index contributed by atoms with van der Waals surface area (Å²) in [6.07, 6.45) is 1.41. The van der Waals surface area contributed by atoms with Gasteiger partial charge in [-0.2, -0.15) is 0 Å². The number of anilines is 1. The molecule has 0 fully saturated rings. The molecule has 0 aliphatic heterocycles. The van der Waals surface area contributed by atoms with Gasteiger partial charge in [0.25, 0.3) is 5.56 Å². The first-order valence-corrected chi connectivity index (χ1v) is 6.73. The average molecular weight is 366 g/mol. The van der Waals surface area contributed by atoms with E-state index in [9.17, 15) is 4.79 Å². The van der Waals surface area contributed by atoms with Crippen molar-refractivity contribution < 1.29 is 0 Å². The first-order valence-electron chi connectivity index (χ1n) is 5.24. The fourth-order valence-electron chi connectivity index (χ4n) is 1.38. The van der Waals surface area contributed by atoms with E-state index in [1.807, 2.05) is 41.3 Å². The molecule has 94 valence electrons. The molecule has 1 unspecified atom stereocenters. The molecule has 17 heavy (non-hydrogen) atoms. The molecule has 5 nitrogen and oxygen atoms in total. The Kier molecular flexibility index (Phi) is 5.31. The molecular formula is C10H15IN4OS. The lowest BCUT2D eigenvalue weighted by atomic mass is 10.1. The van der Waals surface area contributed by atoms with Crippen LogP contribution in [0, 0.1) is 9.49 Å². The third-order valence-corrected chi connectivity index (χ3v) is 3.81. The van der Waals surface area contributed by atoms with Crippen LogP contribution in [0.15, 0.2) is 11.1 Å². The normalized spacial score (nSPS) is 12.2. The summed E-state index contributed by atoms with van der Waals surface area (Å²) in [7, 11) is 0. The Morgan fingerprint density at radius 2 is 2.41 bits per heavy atom. The van der Waals surface area contributed by atoms with Crippen molar-refractivity contribution >= 4 is 45.6 Å². The van der Waals surface area contributed by atoms with Crippen LogP contribution < -0.4 is 16.2 Å². The van der Waals surface area contributed by atoms with Crippen LogP contribution in [0.3, 0.4) is 0 Å². The van der Waals surface area contributed by atoms with Crippen molar-refractivity contribution in [3.05, 3.63) is 20.3 Å². The standard InChI is InChI=1S/C10H15IN4OS/c1-3-15(4-6(2)8(12)17)9-7(11)10(16)14-5-13-9/h5-6H,3-4H2,1-2H3,(H2,12,17)(H,13,14,16). The summed E-state index contributed by atoms with van der Waals surface area (Å²) in [5.74, 6) is 0.766. The highest BCUT2D eigenvalue weighted by Gasteiger charge is 2.16. The minimum Gasteiger partial charge on any atom is -0.393 e. The molecule has 0 saturated carbocycles. The number of nitrogens with one attached hydrogen (secondary N) is 1. The first kappa shape index (κ1) is 14.4. The van der Waals surface area contributed by atoms with Gasteiger partial charge in [-0.3, -0.25) is 4.79 Å². The van der Waals surface area contributed by atoms with Gasteiger partial charge in [0.05, 0.1) is 11.3 Å². The summed E-state index contributed by atoms with van der Waals surface area (Å²) in [6, 6.07) is 0. The van der Waals surface area contributed by atoms with Crippen molar-refractivity contribution in [3.63, 3.8) is 0 Å². The van der Waals surface area contributed by atoms with Crippen molar-refractivity contribution in [2.45, 2.75) is 13.8 Å². The van der Waals surface area contributed by atoms with Crippen molar-refractivity contribution in [1.29, 1.82) is 0 Å². The molecule has 1 aromatic rings. The number of nitrogens with zero attached hydrogens (tertiary/aromatic N) is 2. The van der Waals surface area contributed by atoms with Crippen LogP contribution in [-0.2, 0) is 0 Å². The van der Waals surface area contributed by atoms with E-state index in [0.717, 1.165) is 6.54 Å². The Balaban J connectivity index is 2.98. The first-order chi connectivity index (χ1) is 7.97. The summed E-state index contributed by atoms with van der Waals surface area (Å²) in [4.78, 5) is 20.7. The highest BCUT2D eigenvalue weighted by molar-refractivity contribution is 14.1. The minimum absolute atomic E-state index is 0.0850. The van der Waals surface area contributed by atoms with Gasteiger partial charge in [0, 0.05) is 19.0 Å². The Hall–Kier alpha value is -0.700. The Morgan fingerprint density at radius 3 is 2.94 bits per heavy atom. The highest BCUT2D eigenvalue weighted by Crippen LogP contribution is 2.16. The number of thiocarbonyl (C=S) groups is 1. The number of aromatic nitrogens is 2. The van der Waals surface area contributed by atoms with E-state index in [1.165, 1.54) is 6.33 Å². The third-order valence-electron chi connectivity index (χ3n) is 2.44. The van der Waals surface area contributed by atoms with Crippen molar-refractivity contribution in [1.82, 2.24) is 9.97 Å². The quantitative estimate of drug-likeness (QED) is 0.604. The van der Waals surface area contributed by atoms with E-state index < -0.39 is 0 Å². The molecule has 0 amide bonds. The molecule has 3 N–H and O–H groups in total. The highest BCUT2D eigenvalue weighted by atomic mass is 127. The van der Waals surface area contributed by atoms with Crippen LogP contribution >= 0.6 is 34.8 Å². The maximum absolute atomic E-state index is 11.5. The second-order valence-electron chi connectivity index (χ2n) is 3.71. The van der Waals surface area contributed by atoms with Gasteiger partial charge in [0.1, 0.15) is 9.39 Å². The molecule has 0 aromatic carbocycles. The summed E-state index contributed by atoms with van der Waals surface area (Å²) in [5.41, 5.74) is 5.47. The number of H-pyrrole nitrogens is 1. The predicted molar refractivity (Wildman–Crippen MR) is 81.4 cm³/mol. The van der Waals surface area contributed by atoms with E-state index in [-0.39, 0.29) is 11.5 Å². The molecule has 0 aliphatic rings. The average Bonchev–Trinajstić information content (AvgIpc) is 2.29. The van der Waals surface area contributed by atoms with Crippen LogP contribution in [0.2, 0.25) is 0 Å². The predicted octanol–water partition coefficient (Wildman–Crippen LogP) is 1.12. The lowest BCUT2D eigenvalue weighted by Crippen LogP contribution is -2.35. The second kappa shape index (κ2) is 6.29. The van der Waals surface area contributed by atoms with Crippen molar-refractivity contribution in [2.75, 3.05) is 18.0 Å². The number of hydrogen-bond donors (Lipinski definition) is 2. The third kappa shape index (κ3) is 3.63. The second-order valence-corrected chi connectivity index (χ2v) is 5.26. The van der Waals surface area contributed by atoms with Gasteiger partial charge in [0.2, 0.25) is 0 Å². The lowest BCUT2D eigenvalue weighted by Gasteiger charge is -2.25. The Bertz CT molecular complexity index is 462. The van der Waals surface area contributed by atoms with E-state index in [4.69, 9.17) is 18.0 Å². The van der Waals surface area contributed by atoms with Gasteiger partial charge in [-0.05, 0) is 29.5 Å². The van der Waals surface area contributed by atoms with Gasteiger partial charge < -0.3 is 15.6 Å². The molecule has 1 aromatic heterocycles. The van der Waals surface area contributed by atoms with Gasteiger partial charge in [-0.15, -0.1) is 0 Å². The molecule has 0 radical (unpaired) electrons. The molecule has 1 rings (SSSR count). The number of halogens is 1. The fourth-order valence-corrected chi connectivity index (χ4v) is 2.09. The van der Waals surface area contributed by atoms with Gasteiger partial charge in [-0.25, -0.2) is 4.98 Å². The van der Waals surface area contributed by atoms with Crippen LogP contribution in [0.5, 0.6) is 0 Å². The SMILES string of the molecule is CCN(CC(C)C(N)=S)c1nc[nH]c(=O)c1I. The monoisotopic (exact) mass is 366 g/mol. The number of nitrogens with two attached hydrogens (primary N) is 1. The Labute approximate surface area is 119 Å². The molecule has 1 atom stereocenters. The summed E-state index contributed by atoms with van der Waals surface area (Å²) < 4.78 is 0.585. The van der Waals surface area contributed by atoms with Crippen LogP contribution in [-0.4, -0.2) is 28.0 Å². The van der Waals surface area contributed by atoms with Crippen molar-refractivity contribution in [2.24, 2.45) is 11.7 Å². The van der Waals surface area contributed by atoms with E-state index in [0.29, 0.717) is 20.9 Å². The topological polar surface area (TPSA) is 75.0 Å². The zero-order valence-electron chi connectivity index (χ0n) is 9.74. The molecule has 0 spiro atoms. The smallest absolute Gasteiger partial charge is 0.266 e. The fraction of sp³-hybridized carbons (Fsp3) is 0.500. The molecule has 7 heteroatoms. The van der Waals surface area contributed by atoms with Gasteiger partial charge in [0.15, 0.2) is 0 Å². The zero-order valence-corrected chi connectivity index (χ0v) is 12.7. The van der Waals surface area contributed by atoms with Crippen molar-refractivity contribution in [3.8, 4) is 0 Å². The molecule has 0 saturated heterocycles. The lowest BCUT2D eigenvalue weighted by molar-refractivity contribution is 0.696. The van der Waals surface area contributed by atoms with Crippen LogP contribution in [0.25, 0.3) is 0 Å². The van der Waals surface area contributed by atoms with E-state index in [2.05, 4.69) is 9.97 Å². The molecule has 0 bridgehead atoms. The maximum Gasteiger partial charge on any atom is 0.266 e. The Morgan fingerprint density at radius 1 is 1.76 bits per heavy atom. The number of rotatable bonds is 5. The summed E-state index contributed by atoms with van der Waals surface area (Å²) in [6.45, 7) is 5.38. The maximum atomic E-state index is 11.5. The summed E-state index contributed by atoms with van der Waals surface area (Å²) >= 11 is 6.95.